The number of ether oxygens (including phenoxy) is 3. The topological polar surface area (TPSA) is 89.7 Å². The van der Waals surface area contributed by atoms with Crippen LogP contribution in [-0.2, 0) is 9.53 Å². The molecule has 0 fully saturated rings. The summed E-state index contributed by atoms with van der Waals surface area (Å²) in [6.07, 6.45) is 0.676. The van der Waals surface area contributed by atoms with Crippen LogP contribution in [-0.4, -0.2) is 29.8 Å². The maximum Gasteiger partial charge on any atom is 0.355 e. The van der Waals surface area contributed by atoms with Gasteiger partial charge in [-0.25, -0.2) is 4.79 Å². The molecule has 0 saturated carbocycles. The molecule has 0 radical (unpaired) electrons. The van der Waals surface area contributed by atoms with Gasteiger partial charge in [-0.1, -0.05) is 0 Å². The Hall–Kier alpha value is -2.96. The molecule has 0 unspecified atom stereocenters. The molecule has 1 aromatic heterocycles. The van der Waals surface area contributed by atoms with Gasteiger partial charge in [-0.15, -0.1) is 0 Å². The Morgan fingerprint density at radius 2 is 2.09 bits per heavy atom. The first-order valence-electron chi connectivity index (χ1n) is 6.68. The molecule has 1 aliphatic heterocycles. The van der Waals surface area contributed by atoms with Gasteiger partial charge in [-0.05, 0) is 31.2 Å². The lowest BCUT2D eigenvalue weighted by molar-refractivity contribution is -0.123. The van der Waals surface area contributed by atoms with E-state index in [9.17, 15) is 9.59 Å². The summed E-state index contributed by atoms with van der Waals surface area (Å²) >= 11 is 0. The number of hydrogen-bond acceptors (Lipinski definition) is 5. The van der Waals surface area contributed by atoms with Gasteiger partial charge < -0.3 is 24.5 Å². The lowest BCUT2D eigenvalue weighted by Crippen LogP contribution is -2.30. The van der Waals surface area contributed by atoms with Crippen LogP contribution in [0.15, 0.2) is 36.5 Å². The number of H-pyrrole nitrogens is 1. The van der Waals surface area contributed by atoms with Crippen molar-refractivity contribution in [3.05, 3.63) is 42.2 Å². The van der Waals surface area contributed by atoms with Crippen LogP contribution in [0.25, 0.3) is 0 Å². The molecule has 0 saturated heterocycles. The number of benzene rings is 1. The number of hydrogen-bond donors (Lipinski definition) is 2. The number of amides is 1. The molecule has 22 heavy (non-hydrogen) atoms. The summed E-state index contributed by atoms with van der Waals surface area (Å²) < 4.78 is 15.5. The summed E-state index contributed by atoms with van der Waals surface area (Å²) in [5, 5.41) is 2.66. The van der Waals surface area contributed by atoms with Crippen LogP contribution in [0.5, 0.6) is 11.5 Å². The lowest BCUT2D eigenvalue weighted by atomic mass is 10.2. The van der Waals surface area contributed by atoms with Crippen LogP contribution in [0.1, 0.15) is 17.4 Å². The Morgan fingerprint density at radius 3 is 2.86 bits per heavy atom. The zero-order valence-electron chi connectivity index (χ0n) is 11.8. The van der Waals surface area contributed by atoms with Crippen molar-refractivity contribution in [1.82, 2.24) is 4.98 Å². The molecule has 0 aliphatic carbocycles. The molecule has 7 heteroatoms. The first kappa shape index (κ1) is 14.0. The number of esters is 1. The Balaban J connectivity index is 1.60. The number of carbonyl (C=O) groups excluding carboxylic acids is 2. The summed E-state index contributed by atoms with van der Waals surface area (Å²) in [5.74, 6) is 0.176. The van der Waals surface area contributed by atoms with E-state index in [0.29, 0.717) is 22.9 Å². The van der Waals surface area contributed by atoms with Crippen molar-refractivity contribution < 1.29 is 23.8 Å². The van der Waals surface area contributed by atoms with Crippen LogP contribution in [0, 0.1) is 0 Å². The molecular weight excluding hydrogens is 288 g/mol. The molecule has 2 heterocycles. The van der Waals surface area contributed by atoms with Crippen molar-refractivity contribution >= 4 is 17.6 Å². The third-order valence-electron chi connectivity index (χ3n) is 3.11. The number of aromatic nitrogens is 1. The first-order chi connectivity index (χ1) is 10.6. The summed E-state index contributed by atoms with van der Waals surface area (Å²) in [6, 6.07) is 8.29. The van der Waals surface area contributed by atoms with Crippen molar-refractivity contribution in [1.29, 1.82) is 0 Å². The molecule has 7 nitrogen and oxygen atoms in total. The molecule has 1 aliphatic rings. The maximum atomic E-state index is 12.0. The van der Waals surface area contributed by atoms with Crippen molar-refractivity contribution in [2.75, 3.05) is 12.1 Å². The highest BCUT2D eigenvalue weighted by molar-refractivity contribution is 5.97. The van der Waals surface area contributed by atoms with E-state index in [1.165, 1.54) is 6.92 Å². The fourth-order valence-electron chi connectivity index (χ4n) is 1.95. The summed E-state index contributed by atoms with van der Waals surface area (Å²) in [7, 11) is 0. The monoisotopic (exact) mass is 302 g/mol. The second-order valence-corrected chi connectivity index (χ2v) is 4.69. The van der Waals surface area contributed by atoms with Crippen LogP contribution >= 0.6 is 0 Å². The largest absolute Gasteiger partial charge is 0.454 e. The van der Waals surface area contributed by atoms with Gasteiger partial charge in [-0.3, -0.25) is 4.79 Å². The smallest absolute Gasteiger partial charge is 0.355 e. The molecule has 0 spiro atoms. The van der Waals surface area contributed by atoms with E-state index in [1.807, 2.05) is 0 Å². The van der Waals surface area contributed by atoms with Crippen molar-refractivity contribution in [2.24, 2.45) is 0 Å². The molecule has 114 valence electrons. The number of anilines is 1. The van der Waals surface area contributed by atoms with E-state index >= 15 is 0 Å². The average molecular weight is 302 g/mol. The second-order valence-electron chi connectivity index (χ2n) is 4.69. The first-order valence-corrected chi connectivity index (χ1v) is 6.68. The Morgan fingerprint density at radius 1 is 1.27 bits per heavy atom. The Labute approximate surface area is 126 Å². The highest BCUT2D eigenvalue weighted by Gasteiger charge is 2.20. The van der Waals surface area contributed by atoms with E-state index < -0.39 is 18.0 Å². The fourth-order valence-corrected chi connectivity index (χ4v) is 1.95. The summed E-state index contributed by atoms with van der Waals surface area (Å²) in [4.78, 5) is 26.5. The zero-order valence-corrected chi connectivity index (χ0v) is 11.8. The minimum absolute atomic E-state index is 0.164. The van der Waals surface area contributed by atoms with E-state index in [2.05, 4.69) is 10.3 Å². The molecule has 1 atom stereocenters. The minimum Gasteiger partial charge on any atom is -0.454 e. The highest BCUT2D eigenvalue weighted by atomic mass is 16.7. The average Bonchev–Trinajstić information content (AvgIpc) is 3.18. The van der Waals surface area contributed by atoms with Crippen LogP contribution in [0.3, 0.4) is 0 Å². The van der Waals surface area contributed by atoms with Gasteiger partial charge in [0.1, 0.15) is 5.69 Å². The quantitative estimate of drug-likeness (QED) is 0.842. The molecule has 2 N–H and O–H groups in total. The predicted molar refractivity (Wildman–Crippen MR) is 76.9 cm³/mol. The molecule has 3 rings (SSSR count). The minimum atomic E-state index is -0.929. The Bertz CT molecular complexity index is 696. The highest BCUT2D eigenvalue weighted by Crippen LogP contribution is 2.34. The van der Waals surface area contributed by atoms with Crippen LogP contribution < -0.4 is 14.8 Å². The molecule has 1 aromatic carbocycles. The molecule has 2 aromatic rings. The third-order valence-corrected chi connectivity index (χ3v) is 3.11. The van der Waals surface area contributed by atoms with Gasteiger partial charge >= 0.3 is 5.97 Å². The number of rotatable bonds is 4. The standard InChI is InChI=1S/C15H14N2O5/c1-9(22-15(19)11-3-2-6-16-11)14(18)17-10-4-5-12-13(7-10)21-8-20-12/h2-7,9,16H,8H2,1H3,(H,17,18)/t9-/m1/s1. The van der Waals surface area contributed by atoms with Gasteiger partial charge in [0.05, 0.1) is 0 Å². The number of fused-ring (bicyclic) bond motifs is 1. The van der Waals surface area contributed by atoms with E-state index in [4.69, 9.17) is 14.2 Å². The maximum absolute atomic E-state index is 12.0. The van der Waals surface area contributed by atoms with Crippen molar-refractivity contribution in [3.8, 4) is 11.5 Å². The van der Waals surface area contributed by atoms with Crippen molar-refractivity contribution in [2.45, 2.75) is 13.0 Å². The van der Waals surface area contributed by atoms with Gasteiger partial charge in [0.25, 0.3) is 5.91 Å². The lowest BCUT2D eigenvalue weighted by Gasteiger charge is -2.13. The van der Waals surface area contributed by atoms with Crippen molar-refractivity contribution in [3.63, 3.8) is 0 Å². The van der Waals surface area contributed by atoms with Crippen LogP contribution in [0.2, 0.25) is 0 Å². The van der Waals surface area contributed by atoms with Gasteiger partial charge in [0.2, 0.25) is 6.79 Å². The predicted octanol–water partition coefficient (Wildman–Crippen LogP) is 1.93. The zero-order chi connectivity index (χ0) is 15.5. The molecular formula is C15H14N2O5. The summed E-state index contributed by atoms with van der Waals surface area (Å²) in [6.45, 7) is 1.67. The van der Waals surface area contributed by atoms with E-state index in [-0.39, 0.29) is 6.79 Å². The van der Waals surface area contributed by atoms with Gasteiger partial charge in [-0.2, -0.15) is 0 Å². The number of aromatic amines is 1. The fraction of sp³-hybridized carbons (Fsp3) is 0.200. The Kier molecular flexibility index (Phi) is 3.69. The van der Waals surface area contributed by atoms with E-state index in [1.54, 1.807) is 36.5 Å². The van der Waals surface area contributed by atoms with Gasteiger partial charge in [0, 0.05) is 18.0 Å². The third kappa shape index (κ3) is 2.88. The molecule has 1 amide bonds. The normalized spacial score (nSPS) is 13.5. The van der Waals surface area contributed by atoms with Crippen LogP contribution in [0.4, 0.5) is 5.69 Å². The number of carbonyl (C=O) groups is 2. The number of nitrogens with one attached hydrogen (secondary N) is 2. The SMILES string of the molecule is C[C@@H](OC(=O)c1ccc[nH]1)C(=O)Nc1ccc2c(c1)OCO2. The second kappa shape index (κ2) is 5.80. The molecule has 0 bridgehead atoms. The van der Waals surface area contributed by atoms with E-state index in [0.717, 1.165) is 0 Å². The summed E-state index contributed by atoms with van der Waals surface area (Å²) in [5.41, 5.74) is 0.833. The van der Waals surface area contributed by atoms with Gasteiger partial charge in [0.15, 0.2) is 17.6 Å².